The Balaban J connectivity index is 1.68. The first-order valence-electron chi connectivity index (χ1n) is 8.89. The van der Waals surface area contributed by atoms with Gasteiger partial charge in [0, 0.05) is 13.1 Å². The van der Waals surface area contributed by atoms with Crippen LogP contribution in [0.2, 0.25) is 0 Å². The molecule has 6 heteroatoms. The summed E-state index contributed by atoms with van der Waals surface area (Å²) in [4.78, 5) is 38.3. The average Bonchev–Trinajstić information content (AvgIpc) is 2.71. The zero-order chi connectivity index (χ0) is 20.3. The number of amides is 1. The molecule has 6 nitrogen and oxygen atoms in total. The lowest BCUT2D eigenvalue weighted by atomic mass is 10.1. The van der Waals surface area contributed by atoms with Gasteiger partial charge in [0.1, 0.15) is 5.58 Å². The number of fused-ring (bicyclic) bond motifs is 1. The number of nitrogens with zero attached hydrogens (tertiary/aromatic N) is 1. The zero-order valence-electron chi connectivity index (χ0n) is 16.0. The van der Waals surface area contributed by atoms with Crippen molar-refractivity contribution in [2.45, 2.75) is 19.9 Å². The smallest absolute Gasteiger partial charge is 0.374 e. The average molecular weight is 379 g/mol. The lowest BCUT2D eigenvalue weighted by molar-refractivity contribution is -0.135. The molecule has 0 spiro atoms. The van der Waals surface area contributed by atoms with Gasteiger partial charge in [0.25, 0.3) is 5.91 Å². The highest BCUT2D eigenvalue weighted by molar-refractivity contribution is 5.90. The maximum atomic E-state index is 12.4. The predicted molar refractivity (Wildman–Crippen MR) is 105 cm³/mol. The number of ether oxygens (including phenoxy) is 1. The minimum absolute atomic E-state index is 0.172. The molecule has 1 heterocycles. The molecule has 0 radical (unpaired) electrons. The van der Waals surface area contributed by atoms with Crippen molar-refractivity contribution in [2.24, 2.45) is 0 Å². The minimum atomic E-state index is -0.853. The summed E-state index contributed by atoms with van der Waals surface area (Å²) in [5.41, 5.74) is 1.85. The fourth-order valence-electron chi connectivity index (χ4n) is 2.84. The topological polar surface area (TPSA) is 76.8 Å². The Labute approximate surface area is 162 Å². The number of carbonyl (C=O) groups excluding carboxylic acids is 2. The summed E-state index contributed by atoms with van der Waals surface area (Å²) in [6.45, 7) is 3.31. The molecule has 28 heavy (non-hydrogen) atoms. The van der Waals surface area contributed by atoms with Crippen molar-refractivity contribution in [3.8, 4) is 0 Å². The summed E-state index contributed by atoms with van der Waals surface area (Å²) in [6, 6.07) is 15.6. The van der Waals surface area contributed by atoms with Gasteiger partial charge in [-0.15, -0.1) is 0 Å². The highest BCUT2D eigenvalue weighted by Gasteiger charge is 2.20. The summed E-state index contributed by atoms with van der Waals surface area (Å²) in [6.07, 6.45) is 0. The number of benzene rings is 2. The van der Waals surface area contributed by atoms with E-state index in [1.807, 2.05) is 44.2 Å². The van der Waals surface area contributed by atoms with E-state index in [1.165, 1.54) is 4.90 Å². The summed E-state index contributed by atoms with van der Waals surface area (Å²) in [7, 11) is 1.65. The molecule has 0 fully saturated rings. The van der Waals surface area contributed by atoms with Crippen molar-refractivity contribution in [3.63, 3.8) is 0 Å². The second-order valence-corrected chi connectivity index (χ2v) is 6.64. The monoisotopic (exact) mass is 379 g/mol. The van der Waals surface area contributed by atoms with Crippen molar-refractivity contribution >= 4 is 22.8 Å². The van der Waals surface area contributed by atoms with E-state index < -0.39 is 12.6 Å². The van der Waals surface area contributed by atoms with Crippen LogP contribution in [-0.2, 0) is 9.53 Å². The maximum absolute atomic E-state index is 12.4. The molecule has 1 atom stereocenters. The Hall–Kier alpha value is -3.41. The molecule has 2 aromatic carbocycles. The summed E-state index contributed by atoms with van der Waals surface area (Å²) in [5, 5.41) is 0.393. The summed E-state index contributed by atoms with van der Waals surface area (Å²) in [5.74, 6) is -1.44. The molecule has 0 aliphatic rings. The first kappa shape index (κ1) is 19.4. The summed E-state index contributed by atoms with van der Waals surface area (Å²) < 4.78 is 10.5. The van der Waals surface area contributed by atoms with E-state index in [9.17, 15) is 14.4 Å². The summed E-state index contributed by atoms with van der Waals surface area (Å²) >= 11 is 0. The fraction of sp³-hybridized carbons (Fsp3) is 0.227. The second-order valence-electron chi connectivity index (χ2n) is 6.64. The van der Waals surface area contributed by atoms with E-state index in [1.54, 1.807) is 25.2 Å². The van der Waals surface area contributed by atoms with E-state index in [4.69, 9.17) is 9.15 Å². The number of aryl methyl sites for hydroxylation is 1. The standard InChI is InChI=1S/C22H21NO5/c1-14-9-10-19-17(11-14)18(24)12-20(28-19)22(26)27-13-21(25)23(3)15(2)16-7-5-4-6-8-16/h4-12,15H,13H2,1-3H3/t15-/m0/s1. The normalized spacial score (nSPS) is 11.8. The fourth-order valence-corrected chi connectivity index (χ4v) is 2.84. The van der Waals surface area contributed by atoms with Crippen molar-refractivity contribution < 1.29 is 18.7 Å². The molecule has 1 amide bonds. The van der Waals surface area contributed by atoms with Crippen molar-refractivity contribution in [1.29, 1.82) is 0 Å². The SMILES string of the molecule is Cc1ccc2oc(C(=O)OCC(=O)N(C)[C@@H](C)c3ccccc3)cc(=O)c2c1. The van der Waals surface area contributed by atoms with Crippen LogP contribution in [0.15, 0.2) is 63.8 Å². The largest absolute Gasteiger partial charge is 0.450 e. The van der Waals surface area contributed by atoms with Crippen LogP contribution in [-0.4, -0.2) is 30.4 Å². The van der Waals surface area contributed by atoms with Gasteiger partial charge in [0.15, 0.2) is 12.0 Å². The van der Waals surface area contributed by atoms with Crippen LogP contribution in [0.3, 0.4) is 0 Å². The van der Waals surface area contributed by atoms with Gasteiger partial charge in [-0.3, -0.25) is 9.59 Å². The Morgan fingerprint density at radius 3 is 2.54 bits per heavy atom. The van der Waals surface area contributed by atoms with Gasteiger partial charge in [-0.1, -0.05) is 42.0 Å². The third-order valence-corrected chi connectivity index (χ3v) is 4.67. The molecule has 1 aromatic heterocycles. The van der Waals surface area contributed by atoms with Gasteiger partial charge in [-0.25, -0.2) is 4.79 Å². The van der Waals surface area contributed by atoms with E-state index in [2.05, 4.69) is 0 Å². The first-order chi connectivity index (χ1) is 13.4. The molecule has 3 aromatic rings. The lowest BCUT2D eigenvalue weighted by Crippen LogP contribution is -2.33. The molecule has 0 saturated heterocycles. The van der Waals surface area contributed by atoms with Crippen LogP contribution in [0.4, 0.5) is 0 Å². The Morgan fingerprint density at radius 1 is 1.11 bits per heavy atom. The number of esters is 1. The van der Waals surface area contributed by atoms with Crippen LogP contribution in [0, 0.1) is 6.92 Å². The zero-order valence-corrected chi connectivity index (χ0v) is 16.0. The van der Waals surface area contributed by atoms with Gasteiger partial charge in [-0.05, 0) is 31.5 Å². The third-order valence-electron chi connectivity index (χ3n) is 4.67. The minimum Gasteiger partial charge on any atom is -0.450 e. The molecule has 0 saturated carbocycles. The number of hydrogen-bond acceptors (Lipinski definition) is 5. The molecular formula is C22H21NO5. The van der Waals surface area contributed by atoms with Crippen LogP contribution in [0.25, 0.3) is 11.0 Å². The number of hydrogen-bond donors (Lipinski definition) is 0. The van der Waals surface area contributed by atoms with Crippen LogP contribution in [0.5, 0.6) is 0 Å². The number of rotatable bonds is 5. The number of likely N-dealkylation sites (N-methyl/N-ethyl adjacent to an activating group) is 1. The van der Waals surface area contributed by atoms with Crippen LogP contribution >= 0.6 is 0 Å². The highest BCUT2D eigenvalue weighted by Crippen LogP contribution is 2.18. The van der Waals surface area contributed by atoms with Gasteiger partial charge in [0.05, 0.1) is 11.4 Å². The van der Waals surface area contributed by atoms with Crippen molar-refractivity contribution in [1.82, 2.24) is 4.90 Å². The molecule has 3 rings (SSSR count). The molecule has 0 aliphatic heterocycles. The Morgan fingerprint density at radius 2 is 1.82 bits per heavy atom. The van der Waals surface area contributed by atoms with Crippen LogP contribution < -0.4 is 5.43 Å². The molecule has 0 unspecified atom stereocenters. The Bertz CT molecular complexity index is 1070. The first-order valence-corrected chi connectivity index (χ1v) is 8.89. The Kier molecular flexibility index (Phi) is 5.59. The maximum Gasteiger partial charge on any atom is 0.374 e. The van der Waals surface area contributed by atoms with E-state index >= 15 is 0 Å². The predicted octanol–water partition coefficient (Wildman–Crippen LogP) is 3.48. The van der Waals surface area contributed by atoms with Gasteiger partial charge >= 0.3 is 5.97 Å². The quantitative estimate of drug-likeness (QED) is 0.635. The van der Waals surface area contributed by atoms with Crippen molar-refractivity contribution in [3.05, 3.63) is 81.7 Å². The van der Waals surface area contributed by atoms with Crippen molar-refractivity contribution in [2.75, 3.05) is 13.7 Å². The second kappa shape index (κ2) is 8.08. The van der Waals surface area contributed by atoms with Gasteiger partial charge in [-0.2, -0.15) is 0 Å². The van der Waals surface area contributed by atoms with Crippen LogP contribution in [0.1, 0.15) is 34.6 Å². The van der Waals surface area contributed by atoms with E-state index in [-0.39, 0.29) is 23.1 Å². The third kappa shape index (κ3) is 4.11. The molecule has 0 aliphatic carbocycles. The molecule has 0 bridgehead atoms. The molecular weight excluding hydrogens is 358 g/mol. The van der Waals surface area contributed by atoms with Gasteiger partial charge in [0.2, 0.25) is 5.76 Å². The molecule has 144 valence electrons. The lowest BCUT2D eigenvalue weighted by Gasteiger charge is -2.25. The number of carbonyl (C=O) groups is 2. The highest BCUT2D eigenvalue weighted by atomic mass is 16.5. The van der Waals surface area contributed by atoms with Gasteiger partial charge < -0.3 is 14.1 Å². The molecule has 0 N–H and O–H groups in total. The van der Waals surface area contributed by atoms with E-state index in [0.29, 0.717) is 11.0 Å². The van der Waals surface area contributed by atoms with E-state index in [0.717, 1.165) is 17.2 Å².